The van der Waals surface area contributed by atoms with Crippen molar-refractivity contribution in [3.63, 3.8) is 0 Å². The molecule has 0 spiro atoms. The van der Waals surface area contributed by atoms with Crippen LogP contribution >= 0.6 is 11.3 Å². The Morgan fingerprint density at radius 2 is 2.25 bits per heavy atom. The minimum absolute atomic E-state index is 0.139. The molecule has 1 heterocycles. The van der Waals surface area contributed by atoms with Gasteiger partial charge in [-0.3, -0.25) is 4.79 Å². The molecule has 1 aromatic carbocycles. The highest BCUT2D eigenvalue weighted by Gasteiger charge is 2.17. The molecule has 0 unspecified atom stereocenters. The maximum Gasteiger partial charge on any atom is 0.257 e. The number of benzene rings is 1. The molecule has 0 saturated carbocycles. The first-order chi connectivity index (χ1) is 9.51. The summed E-state index contributed by atoms with van der Waals surface area (Å²) in [7, 11) is 3.27. The summed E-state index contributed by atoms with van der Waals surface area (Å²) >= 11 is 1.57. The predicted octanol–water partition coefficient (Wildman–Crippen LogP) is 2.31. The molecule has 20 heavy (non-hydrogen) atoms. The van der Waals surface area contributed by atoms with Gasteiger partial charge < -0.3 is 15.4 Å². The first kappa shape index (κ1) is 14.3. The van der Waals surface area contributed by atoms with Crippen molar-refractivity contribution in [1.29, 1.82) is 0 Å². The predicted molar refractivity (Wildman–Crippen MR) is 80.1 cm³/mol. The molecule has 0 bridgehead atoms. The Labute approximate surface area is 122 Å². The Morgan fingerprint density at radius 3 is 2.85 bits per heavy atom. The number of nitrogens with zero attached hydrogens (tertiary/aromatic N) is 2. The molecule has 1 amide bonds. The van der Waals surface area contributed by atoms with Crippen molar-refractivity contribution in [2.75, 3.05) is 19.9 Å². The van der Waals surface area contributed by atoms with Crippen LogP contribution in [0.1, 0.15) is 21.1 Å². The maximum atomic E-state index is 12.5. The monoisotopic (exact) mass is 291 g/mol. The van der Waals surface area contributed by atoms with Gasteiger partial charge in [-0.2, -0.15) is 0 Å². The fourth-order valence-electron chi connectivity index (χ4n) is 1.89. The van der Waals surface area contributed by atoms with Crippen LogP contribution < -0.4 is 10.5 Å². The average Bonchev–Trinajstić information content (AvgIpc) is 2.83. The molecule has 0 aliphatic rings. The quantitative estimate of drug-likeness (QED) is 0.878. The number of anilines is 1. The largest absolute Gasteiger partial charge is 0.496 e. The van der Waals surface area contributed by atoms with Crippen LogP contribution in [0.15, 0.2) is 23.6 Å². The minimum atomic E-state index is -0.139. The van der Waals surface area contributed by atoms with Crippen molar-refractivity contribution in [3.05, 3.63) is 39.8 Å². The zero-order chi connectivity index (χ0) is 14.7. The van der Waals surface area contributed by atoms with Crippen LogP contribution in [-0.2, 0) is 6.54 Å². The number of hydrogen-bond acceptors (Lipinski definition) is 5. The summed E-state index contributed by atoms with van der Waals surface area (Å²) in [6.07, 6.45) is 0. The molecule has 2 N–H and O–H groups in total. The number of ether oxygens (including phenoxy) is 1. The highest BCUT2D eigenvalue weighted by Crippen LogP contribution is 2.23. The third-order valence-corrected chi connectivity index (χ3v) is 3.69. The molecule has 1 aromatic heterocycles. The third-order valence-electron chi connectivity index (χ3n) is 2.87. The lowest BCUT2D eigenvalue weighted by Crippen LogP contribution is -2.26. The first-order valence-corrected chi connectivity index (χ1v) is 6.99. The molecule has 2 aromatic rings. The van der Waals surface area contributed by atoms with Gasteiger partial charge in [-0.15, -0.1) is 11.3 Å². The van der Waals surface area contributed by atoms with Crippen LogP contribution in [0.4, 0.5) is 5.69 Å². The van der Waals surface area contributed by atoms with Crippen molar-refractivity contribution >= 4 is 22.9 Å². The number of nitrogen functional groups attached to an aromatic ring is 1. The van der Waals surface area contributed by atoms with E-state index in [4.69, 9.17) is 10.5 Å². The van der Waals surface area contributed by atoms with E-state index < -0.39 is 0 Å². The van der Waals surface area contributed by atoms with Gasteiger partial charge in [0.1, 0.15) is 5.75 Å². The number of methoxy groups -OCH3 is 1. The Hall–Kier alpha value is -2.08. The lowest BCUT2D eigenvalue weighted by Gasteiger charge is -2.18. The molecule has 0 aliphatic heterocycles. The summed E-state index contributed by atoms with van der Waals surface area (Å²) in [4.78, 5) is 18.4. The summed E-state index contributed by atoms with van der Waals surface area (Å²) in [5.74, 6) is 0.380. The van der Waals surface area contributed by atoms with E-state index in [0.29, 0.717) is 23.5 Å². The number of nitrogens with two attached hydrogens (primary N) is 1. The summed E-state index contributed by atoms with van der Waals surface area (Å²) < 4.78 is 5.21. The summed E-state index contributed by atoms with van der Waals surface area (Å²) in [5, 5.41) is 2.94. The van der Waals surface area contributed by atoms with Crippen LogP contribution in [0.2, 0.25) is 0 Å². The SMILES string of the molecule is COc1ccc(N)cc1C(=O)N(C)Cc1csc(C)n1. The fraction of sp³-hybridized carbons (Fsp3) is 0.286. The van der Waals surface area contributed by atoms with E-state index in [-0.39, 0.29) is 5.91 Å². The van der Waals surface area contributed by atoms with Gasteiger partial charge in [0.25, 0.3) is 5.91 Å². The van der Waals surface area contributed by atoms with E-state index in [1.807, 2.05) is 12.3 Å². The molecule has 6 heteroatoms. The lowest BCUT2D eigenvalue weighted by molar-refractivity contribution is 0.0780. The minimum Gasteiger partial charge on any atom is -0.496 e. The van der Waals surface area contributed by atoms with Gasteiger partial charge in [0.15, 0.2) is 0 Å². The van der Waals surface area contributed by atoms with Crippen LogP contribution in [0.3, 0.4) is 0 Å². The van der Waals surface area contributed by atoms with E-state index >= 15 is 0 Å². The van der Waals surface area contributed by atoms with Crippen LogP contribution in [0, 0.1) is 6.92 Å². The number of hydrogen-bond donors (Lipinski definition) is 1. The molecule has 0 fully saturated rings. The van der Waals surface area contributed by atoms with Gasteiger partial charge in [0.2, 0.25) is 0 Å². The number of carbonyl (C=O) groups excluding carboxylic acids is 1. The molecule has 106 valence electrons. The molecule has 2 rings (SSSR count). The second kappa shape index (κ2) is 5.92. The zero-order valence-corrected chi connectivity index (χ0v) is 12.5. The Bertz CT molecular complexity index is 625. The fourth-order valence-corrected chi connectivity index (χ4v) is 2.50. The van der Waals surface area contributed by atoms with Crippen LogP contribution in [0.5, 0.6) is 5.75 Å². The molecular formula is C14H17N3O2S. The second-order valence-corrected chi connectivity index (χ2v) is 5.54. The van der Waals surface area contributed by atoms with E-state index in [0.717, 1.165) is 10.7 Å². The molecule has 5 nitrogen and oxygen atoms in total. The number of aryl methyl sites for hydroxylation is 1. The number of thiazole rings is 1. The molecule has 0 radical (unpaired) electrons. The Morgan fingerprint density at radius 1 is 1.50 bits per heavy atom. The molecule has 0 saturated heterocycles. The normalized spacial score (nSPS) is 10.3. The van der Waals surface area contributed by atoms with E-state index in [1.165, 1.54) is 7.11 Å². The van der Waals surface area contributed by atoms with Crippen LogP contribution in [-0.4, -0.2) is 29.9 Å². The van der Waals surface area contributed by atoms with Gasteiger partial charge in [-0.05, 0) is 25.1 Å². The summed E-state index contributed by atoms with van der Waals surface area (Å²) in [5.41, 5.74) is 7.61. The zero-order valence-electron chi connectivity index (χ0n) is 11.7. The number of carbonyl (C=O) groups is 1. The van der Waals surface area contributed by atoms with E-state index in [1.54, 1.807) is 41.5 Å². The van der Waals surface area contributed by atoms with Crippen molar-refractivity contribution < 1.29 is 9.53 Å². The maximum absolute atomic E-state index is 12.5. The molecular weight excluding hydrogens is 274 g/mol. The summed E-state index contributed by atoms with van der Waals surface area (Å²) in [6.45, 7) is 2.40. The van der Waals surface area contributed by atoms with Crippen molar-refractivity contribution in [3.8, 4) is 5.75 Å². The first-order valence-electron chi connectivity index (χ1n) is 6.11. The van der Waals surface area contributed by atoms with Gasteiger partial charge in [-0.25, -0.2) is 4.98 Å². The number of amides is 1. The number of rotatable bonds is 4. The number of aromatic nitrogens is 1. The van der Waals surface area contributed by atoms with Crippen molar-refractivity contribution in [2.24, 2.45) is 0 Å². The molecule has 0 aliphatic carbocycles. The highest BCUT2D eigenvalue weighted by atomic mass is 32.1. The Kier molecular flexibility index (Phi) is 4.24. The van der Waals surface area contributed by atoms with Gasteiger partial charge >= 0.3 is 0 Å². The average molecular weight is 291 g/mol. The van der Waals surface area contributed by atoms with Gasteiger partial charge in [0, 0.05) is 18.1 Å². The van der Waals surface area contributed by atoms with E-state index in [9.17, 15) is 4.79 Å². The van der Waals surface area contributed by atoms with Crippen molar-refractivity contribution in [2.45, 2.75) is 13.5 Å². The molecule has 0 atom stereocenters. The van der Waals surface area contributed by atoms with Crippen LogP contribution in [0.25, 0.3) is 0 Å². The van der Waals surface area contributed by atoms with Crippen molar-refractivity contribution in [1.82, 2.24) is 9.88 Å². The summed E-state index contributed by atoms with van der Waals surface area (Å²) in [6, 6.07) is 5.03. The third kappa shape index (κ3) is 3.08. The smallest absolute Gasteiger partial charge is 0.257 e. The Balaban J connectivity index is 2.20. The topological polar surface area (TPSA) is 68.5 Å². The standard InChI is InChI=1S/C14H17N3O2S/c1-9-16-11(8-20-9)7-17(2)14(18)12-6-10(15)4-5-13(12)19-3/h4-6,8H,7,15H2,1-3H3. The van der Waals surface area contributed by atoms with E-state index in [2.05, 4.69) is 4.98 Å². The van der Waals surface area contributed by atoms with Gasteiger partial charge in [0.05, 0.1) is 29.9 Å². The highest BCUT2D eigenvalue weighted by molar-refractivity contribution is 7.09. The van der Waals surface area contributed by atoms with Gasteiger partial charge in [-0.1, -0.05) is 0 Å². The lowest BCUT2D eigenvalue weighted by atomic mass is 10.1. The second-order valence-electron chi connectivity index (χ2n) is 4.48.